The summed E-state index contributed by atoms with van der Waals surface area (Å²) in [5.41, 5.74) is 5.98. The average Bonchev–Trinajstić information content (AvgIpc) is 2.64. The van der Waals surface area contributed by atoms with Crippen molar-refractivity contribution in [2.24, 2.45) is 5.73 Å². The van der Waals surface area contributed by atoms with E-state index in [1.807, 2.05) is 6.92 Å². The second-order valence-corrected chi connectivity index (χ2v) is 3.41. The molecule has 0 atom stereocenters. The van der Waals surface area contributed by atoms with Gasteiger partial charge in [0.05, 0.1) is 11.8 Å². The maximum Gasteiger partial charge on any atom is 0.322 e. The third-order valence-electron chi connectivity index (χ3n) is 1.96. The second kappa shape index (κ2) is 4.74. The van der Waals surface area contributed by atoms with Crippen molar-refractivity contribution in [2.45, 2.75) is 6.92 Å². The van der Waals surface area contributed by atoms with Crippen molar-refractivity contribution in [3.63, 3.8) is 0 Å². The predicted molar refractivity (Wildman–Crippen MR) is 61.8 cm³/mol. The van der Waals surface area contributed by atoms with E-state index in [0.29, 0.717) is 17.9 Å². The molecule has 2 amide bonds. The van der Waals surface area contributed by atoms with Crippen LogP contribution >= 0.6 is 12.2 Å². The summed E-state index contributed by atoms with van der Waals surface area (Å²) in [7, 11) is 1.69. The van der Waals surface area contributed by atoms with E-state index in [1.54, 1.807) is 7.05 Å². The molecule has 82 valence electrons. The highest BCUT2D eigenvalue weighted by atomic mass is 32.1. The fourth-order valence-electron chi connectivity index (χ4n) is 0.914. The van der Waals surface area contributed by atoms with E-state index in [-0.39, 0.29) is 11.0 Å². The van der Waals surface area contributed by atoms with Crippen LogP contribution in [0.2, 0.25) is 0 Å². The van der Waals surface area contributed by atoms with Gasteiger partial charge < -0.3 is 10.6 Å². The zero-order chi connectivity index (χ0) is 11.4. The highest BCUT2D eigenvalue weighted by Gasteiger charge is 2.12. The van der Waals surface area contributed by atoms with Gasteiger partial charge in [-0.2, -0.15) is 5.10 Å². The quantitative estimate of drug-likeness (QED) is 0.657. The van der Waals surface area contributed by atoms with Crippen LogP contribution in [0.1, 0.15) is 12.5 Å². The molecule has 0 unspecified atom stereocenters. The summed E-state index contributed by atoms with van der Waals surface area (Å²) >= 11 is 4.80. The summed E-state index contributed by atoms with van der Waals surface area (Å²) in [4.78, 5) is 13.2. The first-order valence-corrected chi connectivity index (χ1v) is 4.82. The van der Waals surface area contributed by atoms with Gasteiger partial charge in [0, 0.05) is 13.6 Å². The molecule has 0 radical (unpaired) electrons. The Morgan fingerprint density at radius 3 is 3.00 bits per heavy atom. The van der Waals surface area contributed by atoms with E-state index in [9.17, 15) is 4.79 Å². The minimum absolute atomic E-state index is 0.193. The molecule has 0 spiro atoms. The van der Waals surface area contributed by atoms with Gasteiger partial charge >= 0.3 is 6.03 Å². The Morgan fingerprint density at radius 2 is 2.47 bits per heavy atom. The Kier molecular flexibility index (Phi) is 3.62. The molecule has 0 aliphatic heterocycles. The lowest BCUT2D eigenvalue weighted by atomic mass is 10.3. The van der Waals surface area contributed by atoms with Crippen molar-refractivity contribution in [3.8, 4) is 0 Å². The first-order valence-electron chi connectivity index (χ1n) is 4.41. The summed E-state index contributed by atoms with van der Waals surface area (Å²) in [6.45, 7) is 2.49. The minimum Gasteiger partial charge on any atom is -0.389 e. The normalized spacial score (nSPS) is 9.73. The SMILES string of the molecule is CCN(C)C(=O)Nc1[nH]ncc1C(N)=S. The van der Waals surface area contributed by atoms with Gasteiger partial charge in [-0.1, -0.05) is 12.2 Å². The first-order chi connectivity index (χ1) is 7.06. The van der Waals surface area contributed by atoms with Gasteiger partial charge in [-0.25, -0.2) is 4.79 Å². The minimum atomic E-state index is -0.237. The number of nitrogens with zero attached hydrogens (tertiary/aromatic N) is 2. The number of H-pyrrole nitrogens is 1. The fourth-order valence-corrected chi connectivity index (χ4v) is 1.07. The molecule has 0 bridgehead atoms. The Labute approximate surface area is 92.8 Å². The van der Waals surface area contributed by atoms with Crippen LogP contribution in [0.4, 0.5) is 10.6 Å². The molecule has 0 saturated heterocycles. The molecule has 15 heavy (non-hydrogen) atoms. The second-order valence-electron chi connectivity index (χ2n) is 2.97. The van der Waals surface area contributed by atoms with Gasteiger partial charge in [-0.15, -0.1) is 0 Å². The number of anilines is 1. The smallest absolute Gasteiger partial charge is 0.322 e. The van der Waals surface area contributed by atoms with Gasteiger partial charge in [0.15, 0.2) is 0 Å². The van der Waals surface area contributed by atoms with Gasteiger partial charge in [-0.3, -0.25) is 10.4 Å². The molecule has 0 fully saturated rings. The standard InChI is InChI=1S/C8H13N5OS/c1-3-13(2)8(14)11-7-5(6(9)15)4-10-12-7/h4H,3H2,1-2H3,(H2,9,15)(H2,10,11,12,14). The number of aromatic amines is 1. The zero-order valence-electron chi connectivity index (χ0n) is 8.57. The molecule has 1 aromatic heterocycles. The third kappa shape index (κ3) is 2.66. The van der Waals surface area contributed by atoms with Gasteiger partial charge in [0.2, 0.25) is 0 Å². The largest absolute Gasteiger partial charge is 0.389 e. The Hall–Kier alpha value is -1.63. The Morgan fingerprint density at radius 1 is 1.80 bits per heavy atom. The Bertz CT molecular complexity index is 375. The van der Waals surface area contributed by atoms with Gasteiger partial charge in [-0.05, 0) is 6.92 Å². The van der Waals surface area contributed by atoms with E-state index in [4.69, 9.17) is 18.0 Å². The van der Waals surface area contributed by atoms with Crippen molar-refractivity contribution in [1.29, 1.82) is 0 Å². The number of amides is 2. The molecular formula is C8H13N5OS. The number of hydrogen-bond acceptors (Lipinski definition) is 3. The number of nitrogens with one attached hydrogen (secondary N) is 2. The maximum atomic E-state index is 11.5. The fraction of sp³-hybridized carbons (Fsp3) is 0.375. The number of hydrogen-bond donors (Lipinski definition) is 3. The zero-order valence-corrected chi connectivity index (χ0v) is 9.39. The number of urea groups is 1. The first kappa shape index (κ1) is 11.4. The van der Waals surface area contributed by atoms with Crippen LogP contribution in [0.3, 0.4) is 0 Å². The lowest BCUT2D eigenvalue weighted by Gasteiger charge is -2.14. The third-order valence-corrected chi connectivity index (χ3v) is 2.18. The number of aromatic nitrogens is 2. The Balaban J connectivity index is 2.76. The number of rotatable bonds is 3. The molecule has 1 rings (SSSR count). The van der Waals surface area contributed by atoms with Crippen LogP contribution in [-0.4, -0.2) is 39.7 Å². The molecule has 0 aliphatic rings. The average molecular weight is 227 g/mol. The van der Waals surface area contributed by atoms with Crippen LogP contribution in [0.15, 0.2) is 6.20 Å². The van der Waals surface area contributed by atoms with Crippen LogP contribution in [0.5, 0.6) is 0 Å². The molecule has 0 aromatic carbocycles. The summed E-state index contributed by atoms with van der Waals surface area (Å²) in [5.74, 6) is 0.424. The summed E-state index contributed by atoms with van der Waals surface area (Å²) in [6.07, 6.45) is 1.48. The van der Waals surface area contributed by atoms with Gasteiger partial charge in [0.25, 0.3) is 0 Å². The molecular weight excluding hydrogens is 214 g/mol. The van der Waals surface area contributed by atoms with E-state index in [1.165, 1.54) is 11.1 Å². The summed E-state index contributed by atoms with van der Waals surface area (Å²) in [6, 6.07) is -0.237. The lowest BCUT2D eigenvalue weighted by Crippen LogP contribution is -2.31. The van der Waals surface area contributed by atoms with Gasteiger partial charge in [0.1, 0.15) is 10.8 Å². The molecule has 7 heteroatoms. The topological polar surface area (TPSA) is 87.0 Å². The number of carbonyl (C=O) groups excluding carboxylic acids is 1. The number of carbonyl (C=O) groups is 1. The molecule has 4 N–H and O–H groups in total. The lowest BCUT2D eigenvalue weighted by molar-refractivity contribution is 0.224. The van der Waals surface area contributed by atoms with Crippen molar-refractivity contribution in [2.75, 3.05) is 18.9 Å². The molecule has 0 saturated carbocycles. The van der Waals surface area contributed by atoms with Crippen molar-refractivity contribution in [3.05, 3.63) is 11.8 Å². The highest BCUT2D eigenvalue weighted by molar-refractivity contribution is 7.80. The number of nitrogens with two attached hydrogens (primary N) is 1. The van der Waals surface area contributed by atoms with E-state index < -0.39 is 0 Å². The van der Waals surface area contributed by atoms with Crippen LogP contribution in [-0.2, 0) is 0 Å². The van der Waals surface area contributed by atoms with Crippen LogP contribution in [0.25, 0.3) is 0 Å². The van der Waals surface area contributed by atoms with Crippen molar-refractivity contribution < 1.29 is 4.79 Å². The van der Waals surface area contributed by atoms with E-state index >= 15 is 0 Å². The highest BCUT2D eigenvalue weighted by Crippen LogP contribution is 2.10. The van der Waals surface area contributed by atoms with Crippen molar-refractivity contribution in [1.82, 2.24) is 15.1 Å². The van der Waals surface area contributed by atoms with E-state index in [0.717, 1.165) is 0 Å². The maximum absolute atomic E-state index is 11.5. The molecule has 0 aliphatic carbocycles. The van der Waals surface area contributed by atoms with Crippen molar-refractivity contribution >= 4 is 29.1 Å². The monoisotopic (exact) mass is 227 g/mol. The molecule has 1 aromatic rings. The van der Waals surface area contributed by atoms with E-state index in [2.05, 4.69) is 15.5 Å². The number of thiocarbonyl (C=S) groups is 1. The summed E-state index contributed by atoms with van der Waals surface area (Å²) < 4.78 is 0. The predicted octanol–water partition coefficient (Wildman–Crippen LogP) is 0.527. The van der Waals surface area contributed by atoms with Crippen LogP contribution < -0.4 is 11.1 Å². The van der Waals surface area contributed by atoms with Crippen LogP contribution in [0, 0.1) is 0 Å². The molecule has 1 heterocycles. The summed E-state index contributed by atoms with van der Waals surface area (Å²) in [5, 5.41) is 9.00. The molecule has 6 nitrogen and oxygen atoms in total.